The Bertz CT molecular complexity index is 534. The van der Waals surface area contributed by atoms with Crippen LogP contribution in [0, 0.1) is 0 Å². The summed E-state index contributed by atoms with van der Waals surface area (Å²) in [7, 11) is 0. The minimum atomic E-state index is -4.60. The van der Waals surface area contributed by atoms with Gasteiger partial charge in [0, 0.05) is 24.8 Å². The van der Waals surface area contributed by atoms with Crippen molar-refractivity contribution in [1.82, 2.24) is 15.0 Å². The molecule has 0 saturated carbocycles. The molecule has 88 valence electrons. The summed E-state index contributed by atoms with van der Waals surface area (Å²) in [6, 6.07) is 0.760. The number of nitrogens with one attached hydrogen (secondary N) is 1. The summed E-state index contributed by atoms with van der Waals surface area (Å²) in [6.07, 6.45) is -0.0797. The normalized spacial score (nSPS) is 11.5. The molecule has 2 aromatic heterocycles. The van der Waals surface area contributed by atoms with Gasteiger partial charge in [0.2, 0.25) is 5.78 Å². The Morgan fingerprint density at radius 3 is 2.65 bits per heavy atom. The van der Waals surface area contributed by atoms with Gasteiger partial charge in [0.1, 0.15) is 0 Å². The van der Waals surface area contributed by atoms with Crippen LogP contribution in [-0.2, 0) is 6.18 Å². The standard InChI is InChI=1S/C10H6F3N3O/c11-10(12,13)7-1-2-14-5-6(7)8(17)9-15-3-4-16-9/h1-5H,(H,15,16). The minimum Gasteiger partial charge on any atom is -0.342 e. The molecule has 0 unspecified atom stereocenters. The summed E-state index contributed by atoms with van der Waals surface area (Å²) < 4.78 is 37.9. The number of hydrogen-bond donors (Lipinski definition) is 1. The first-order chi connectivity index (χ1) is 8.00. The summed E-state index contributed by atoms with van der Waals surface area (Å²) in [5.74, 6) is -0.987. The fraction of sp³-hybridized carbons (Fsp3) is 0.100. The van der Waals surface area contributed by atoms with Gasteiger partial charge in [0.15, 0.2) is 5.82 Å². The van der Waals surface area contributed by atoms with Crippen molar-refractivity contribution in [2.24, 2.45) is 0 Å². The molecule has 7 heteroatoms. The lowest BCUT2D eigenvalue weighted by Gasteiger charge is -2.09. The summed E-state index contributed by atoms with van der Waals surface area (Å²) in [4.78, 5) is 21.3. The van der Waals surface area contributed by atoms with E-state index in [1.54, 1.807) is 0 Å². The van der Waals surface area contributed by atoms with Crippen molar-refractivity contribution < 1.29 is 18.0 Å². The topological polar surface area (TPSA) is 58.6 Å². The Hall–Kier alpha value is -2.18. The molecule has 2 heterocycles. The first kappa shape index (κ1) is 11.3. The zero-order valence-corrected chi connectivity index (χ0v) is 8.32. The number of aromatic nitrogens is 3. The third-order valence-corrected chi connectivity index (χ3v) is 2.08. The molecule has 0 amide bonds. The van der Waals surface area contributed by atoms with Crippen LogP contribution in [0.3, 0.4) is 0 Å². The molecule has 17 heavy (non-hydrogen) atoms. The Morgan fingerprint density at radius 1 is 1.29 bits per heavy atom. The number of nitrogens with zero attached hydrogens (tertiary/aromatic N) is 2. The molecule has 0 saturated heterocycles. The number of carbonyl (C=O) groups excluding carboxylic acids is 1. The first-order valence-electron chi connectivity index (χ1n) is 4.55. The van der Waals surface area contributed by atoms with Crippen molar-refractivity contribution in [1.29, 1.82) is 0 Å². The molecule has 0 spiro atoms. The number of imidazole rings is 1. The van der Waals surface area contributed by atoms with Crippen LogP contribution in [0.25, 0.3) is 0 Å². The van der Waals surface area contributed by atoms with E-state index in [2.05, 4.69) is 15.0 Å². The number of alkyl halides is 3. The molecule has 0 fully saturated rings. The highest BCUT2D eigenvalue weighted by Gasteiger charge is 2.35. The van der Waals surface area contributed by atoms with Crippen LogP contribution in [0.15, 0.2) is 30.9 Å². The van der Waals surface area contributed by atoms with E-state index >= 15 is 0 Å². The van der Waals surface area contributed by atoms with Crippen LogP contribution >= 0.6 is 0 Å². The van der Waals surface area contributed by atoms with Gasteiger partial charge < -0.3 is 4.98 Å². The smallest absolute Gasteiger partial charge is 0.342 e. The second-order valence-electron chi connectivity index (χ2n) is 3.19. The summed E-state index contributed by atoms with van der Waals surface area (Å²) >= 11 is 0. The second-order valence-corrected chi connectivity index (χ2v) is 3.19. The van der Waals surface area contributed by atoms with E-state index in [0.29, 0.717) is 0 Å². The monoisotopic (exact) mass is 241 g/mol. The van der Waals surface area contributed by atoms with Gasteiger partial charge in [-0.15, -0.1) is 0 Å². The Labute approximate surface area is 93.5 Å². The molecule has 0 aliphatic rings. The van der Waals surface area contributed by atoms with Crippen molar-refractivity contribution in [3.63, 3.8) is 0 Å². The lowest BCUT2D eigenvalue weighted by molar-refractivity contribution is -0.137. The average Bonchev–Trinajstić information content (AvgIpc) is 2.80. The molecule has 0 atom stereocenters. The first-order valence-corrected chi connectivity index (χ1v) is 4.55. The van der Waals surface area contributed by atoms with Crippen molar-refractivity contribution in [2.45, 2.75) is 6.18 Å². The molecule has 0 bridgehead atoms. The third kappa shape index (κ3) is 2.17. The van der Waals surface area contributed by atoms with Crippen LogP contribution < -0.4 is 0 Å². The number of rotatable bonds is 2. The van der Waals surface area contributed by atoms with E-state index < -0.39 is 23.1 Å². The lowest BCUT2D eigenvalue weighted by atomic mass is 10.1. The fourth-order valence-corrected chi connectivity index (χ4v) is 1.34. The molecule has 0 aromatic carbocycles. The molecule has 4 nitrogen and oxygen atoms in total. The minimum absolute atomic E-state index is 0.150. The van der Waals surface area contributed by atoms with E-state index in [-0.39, 0.29) is 5.82 Å². The number of pyridine rings is 1. The predicted molar refractivity (Wildman–Crippen MR) is 51.3 cm³/mol. The van der Waals surface area contributed by atoms with E-state index in [4.69, 9.17) is 0 Å². The van der Waals surface area contributed by atoms with E-state index in [1.165, 1.54) is 12.4 Å². The zero-order chi connectivity index (χ0) is 12.5. The Balaban J connectivity index is 2.50. The predicted octanol–water partition coefficient (Wildman–Crippen LogP) is 2.05. The van der Waals surface area contributed by atoms with Gasteiger partial charge in [0.05, 0.1) is 11.1 Å². The van der Waals surface area contributed by atoms with Crippen LogP contribution in [0.1, 0.15) is 21.7 Å². The van der Waals surface area contributed by atoms with Crippen molar-refractivity contribution >= 4 is 5.78 Å². The number of carbonyl (C=O) groups is 1. The zero-order valence-electron chi connectivity index (χ0n) is 8.32. The number of halogens is 3. The molecule has 2 rings (SSSR count). The molecule has 1 N–H and O–H groups in total. The van der Waals surface area contributed by atoms with Gasteiger partial charge in [-0.2, -0.15) is 13.2 Å². The number of aromatic amines is 1. The van der Waals surface area contributed by atoms with Crippen LogP contribution in [0.5, 0.6) is 0 Å². The molecule has 0 radical (unpaired) electrons. The number of ketones is 1. The summed E-state index contributed by atoms with van der Waals surface area (Å²) in [5.41, 5.74) is -1.54. The maximum atomic E-state index is 12.6. The summed E-state index contributed by atoms with van der Waals surface area (Å²) in [6.45, 7) is 0. The highest BCUT2D eigenvalue weighted by Crippen LogP contribution is 2.31. The number of hydrogen-bond acceptors (Lipinski definition) is 3. The van der Waals surface area contributed by atoms with Crippen LogP contribution in [-0.4, -0.2) is 20.7 Å². The molecule has 2 aromatic rings. The maximum absolute atomic E-state index is 12.6. The number of H-pyrrole nitrogens is 1. The molecular formula is C10H6F3N3O. The van der Waals surface area contributed by atoms with Crippen LogP contribution in [0.4, 0.5) is 13.2 Å². The maximum Gasteiger partial charge on any atom is 0.417 e. The van der Waals surface area contributed by atoms with Crippen molar-refractivity contribution in [3.05, 3.63) is 47.8 Å². The van der Waals surface area contributed by atoms with Gasteiger partial charge in [0.25, 0.3) is 0 Å². The van der Waals surface area contributed by atoms with Gasteiger partial charge in [-0.1, -0.05) is 0 Å². The summed E-state index contributed by atoms with van der Waals surface area (Å²) in [5, 5.41) is 0. The SMILES string of the molecule is O=C(c1ncc[nH]1)c1cnccc1C(F)(F)F. The molecule has 0 aliphatic heterocycles. The van der Waals surface area contributed by atoms with E-state index in [0.717, 1.165) is 18.5 Å². The van der Waals surface area contributed by atoms with Gasteiger partial charge in [-0.25, -0.2) is 4.98 Å². The third-order valence-electron chi connectivity index (χ3n) is 2.08. The molecular weight excluding hydrogens is 235 g/mol. The second kappa shape index (κ2) is 4.00. The fourth-order valence-electron chi connectivity index (χ4n) is 1.34. The quantitative estimate of drug-likeness (QED) is 0.818. The Morgan fingerprint density at radius 2 is 2.06 bits per heavy atom. The van der Waals surface area contributed by atoms with Crippen molar-refractivity contribution in [3.8, 4) is 0 Å². The molecule has 0 aliphatic carbocycles. The van der Waals surface area contributed by atoms with Gasteiger partial charge in [-0.05, 0) is 6.07 Å². The highest BCUT2D eigenvalue weighted by atomic mass is 19.4. The van der Waals surface area contributed by atoms with E-state index in [9.17, 15) is 18.0 Å². The van der Waals surface area contributed by atoms with Crippen LogP contribution in [0.2, 0.25) is 0 Å². The Kier molecular flexibility index (Phi) is 2.66. The van der Waals surface area contributed by atoms with Gasteiger partial charge >= 0.3 is 6.18 Å². The average molecular weight is 241 g/mol. The highest BCUT2D eigenvalue weighted by molar-refractivity contribution is 6.07. The lowest BCUT2D eigenvalue weighted by Crippen LogP contribution is -2.15. The largest absolute Gasteiger partial charge is 0.417 e. The van der Waals surface area contributed by atoms with E-state index in [1.807, 2.05) is 0 Å². The van der Waals surface area contributed by atoms with Crippen molar-refractivity contribution in [2.75, 3.05) is 0 Å². The van der Waals surface area contributed by atoms with Gasteiger partial charge in [-0.3, -0.25) is 9.78 Å².